The summed E-state index contributed by atoms with van der Waals surface area (Å²) in [6, 6.07) is 11.0. The molecule has 0 bridgehead atoms. The fourth-order valence-corrected chi connectivity index (χ4v) is 3.24. The van der Waals surface area contributed by atoms with E-state index in [0.717, 1.165) is 16.9 Å². The van der Waals surface area contributed by atoms with E-state index in [2.05, 4.69) is 18.7 Å². The second-order valence-corrected chi connectivity index (χ2v) is 6.22. The molecule has 128 valence electrons. The number of allylic oxidation sites excluding steroid dienone is 1. The number of amides is 2. The van der Waals surface area contributed by atoms with Gasteiger partial charge in [-0.2, -0.15) is 0 Å². The van der Waals surface area contributed by atoms with Gasteiger partial charge in [0.1, 0.15) is 12.4 Å². The first-order valence-electron chi connectivity index (χ1n) is 8.32. The molecule has 2 aromatic rings. The minimum Gasteiger partial charge on any atom is -0.491 e. The van der Waals surface area contributed by atoms with Gasteiger partial charge in [0, 0.05) is 0 Å². The minimum atomic E-state index is -0.254. The molecule has 0 radical (unpaired) electrons. The molecule has 0 unspecified atom stereocenters. The highest BCUT2D eigenvalue weighted by Crippen LogP contribution is 2.27. The summed E-state index contributed by atoms with van der Waals surface area (Å²) in [5.74, 6) is 0.300. The topological polar surface area (TPSA) is 46.6 Å². The molecule has 0 fully saturated rings. The normalized spacial score (nSPS) is 13.1. The molecule has 25 heavy (non-hydrogen) atoms. The van der Waals surface area contributed by atoms with Gasteiger partial charge in [-0.1, -0.05) is 35.9 Å². The fraction of sp³-hybridized carbons (Fsp3) is 0.238. The van der Waals surface area contributed by atoms with Crippen molar-refractivity contribution in [3.05, 3.63) is 76.9 Å². The van der Waals surface area contributed by atoms with Crippen LogP contribution in [0.25, 0.3) is 0 Å². The predicted octanol–water partition coefficient (Wildman–Crippen LogP) is 3.71. The molecule has 1 aliphatic rings. The Morgan fingerprint density at radius 3 is 2.32 bits per heavy atom. The Bertz CT molecular complexity index is 819. The number of hydrogen-bond acceptors (Lipinski definition) is 3. The Labute approximate surface area is 147 Å². The fourth-order valence-electron chi connectivity index (χ4n) is 3.24. The van der Waals surface area contributed by atoms with E-state index in [1.165, 1.54) is 10.5 Å². The third-order valence-electron chi connectivity index (χ3n) is 4.30. The molecule has 0 aromatic heterocycles. The maximum atomic E-state index is 12.4. The molecule has 4 nitrogen and oxygen atoms in total. The molecule has 4 heteroatoms. The highest BCUT2D eigenvalue weighted by molar-refractivity contribution is 6.21. The van der Waals surface area contributed by atoms with Gasteiger partial charge in [0.05, 0.1) is 17.7 Å². The first-order chi connectivity index (χ1) is 12.0. The molecule has 0 saturated carbocycles. The van der Waals surface area contributed by atoms with Crippen LogP contribution in [0.5, 0.6) is 5.75 Å². The van der Waals surface area contributed by atoms with Gasteiger partial charge in [-0.25, -0.2) is 0 Å². The predicted molar refractivity (Wildman–Crippen MR) is 97.1 cm³/mol. The summed E-state index contributed by atoms with van der Waals surface area (Å²) in [5, 5.41) is 0. The molecule has 0 saturated heterocycles. The van der Waals surface area contributed by atoms with E-state index in [-0.39, 0.29) is 25.0 Å². The zero-order valence-corrected chi connectivity index (χ0v) is 14.5. The summed E-state index contributed by atoms with van der Waals surface area (Å²) in [6.45, 7) is 8.32. The number of fused-ring (bicyclic) bond motifs is 1. The molecule has 0 atom stereocenters. The molecule has 1 aliphatic heterocycles. The zero-order valence-electron chi connectivity index (χ0n) is 14.5. The number of nitrogens with zero attached hydrogens (tertiary/aromatic N) is 1. The highest BCUT2D eigenvalue weighted by Gasteiger charge is 2.34. The number of benzene rings is 2. The third kappa shape index (κ3) is 3.20. The summed E-state index contributed by atoms with van der Waals surface area (Å²) in [6.07, 6.45) is 2.55. The van der Waals surface area contributed by atoms with E-state index in [4.69, 9.17) is 4.74 Å². The summed E-state index contributed by atoms with van der Waals surface area (Å²) in [5.41, 5.74) is 4.20. The molecule has 0 N–H and O–H groups in total. The van der Waals surface area contributed by atoms with Gasteiger partial charge in [-0.3, -0.25) is 14.5 Å². The third-order valence-corrected chi connectivity index (χ3v) is 4.30. The number of imide groups is 1. The van der Waals surface area contributed by atoms with Crippen molar-refractivity contribution >= 4 is 11.8 Å². The smallest absolute Gasteiger partial charge is 0.261 e. The van der Waals surface area contributed by atoms with E-state index in [1.807, 2.05) is 19.9 Å². The van der Waals surface area contributed by atoms with E-state index in [1.54, 1.807) is 24.3 Å². The van der Waals surface area contributed by atoms with Gasteiger partial charge < -0.3 is 4.74 Å². The standard InChI is InChI=1S/C21H21NO3/c1-4-7-16-13-14(2)12-15(3)19(16)25-11-10-22-20(23)17-8-5-6-9-18(17)21(22)24/h4-6,8-9,12-13H,1,7,10-11H2,2-3H3. The van der Waals surface area contributed by atoms with Gasteiger partial charge in [0.15, 0.2) is 0 Å². The molecule has 2 amide bonds. The van der Waals surface area contributed by atoms with Crippen LogP contribution in [-0.4, -0.2) is 29.9 Å². The van der Waals surface area contributed by atoms with Crippen LogP contribution in [0.15, 0.2) is 49.1 Å². The van der Waals surface area contributed by atoms with Crippen molar-refractivity contribution in [3.63, 3.8) is 0 Å². The number of hydrogen-bond donors (Lipinski definition) is 0. The van der Waals surface area contributed by atoms with Crippen molar-refractivity contribution in [1.82, 2.24) is 4.90 Å². The Morgan fingerprint density at radius 2 is 1.72 bits per heavy atom. The van der Waals surface area contributed by atoms with E-state index in [0.29, 0.717) is 17.5 Å². The minimum absolute atomic E-state index is 0.229. The second kappa shape index (κ2) is 6.93. The van der Waals surface area contributed by atoms with Gasteiger partial charge in [-0.15, -0.1) is 6.58 Å². The molecule has 0 spiro atoms. The quantitative estimate of drug-likeness (QED) is 0.597. The summed E-state index contributed by atoms with van der Waals surface area (Å²) < 4.78 is 5.94. The first kappa shape index (κ1) is 17.0. The van der Waals surface area contributed by atoms with Crippen LogP contribution < -0.4 is 4.74 Å². The van der Waals surface area contributed by atoms with Gasteiger partial charge in [0.2, 0.25) is 0 Å². The second-order valence-electron chi connectivity index (χ2n) is 6.22. The summed E-state index contributed by atoms with van der Waals surface area (Å²) in [7, 11) is 0. The Hall–Kier alpha value is -2.88. The van der Waals surface area contributed by atoms with Crippen LogP contribution in [0.4, 0.5) is 0 Å². The number of ether oxygens (including phenoxy) is 1. The number of aryl methyl sites for hydroxylation is 2. The van der Waals surface area contributed by atoms with Crippen LogP contribution in [-0.2, 0) is 6.42 Å². The van der Waals surface area contributed by atoms with Crippen LogP contribution in [0, 0.1) is 13.8 Å². The van der Waals surface area contributed by atoms with Crippen molar-refractivity contribution in [3.8, 4) is 5.75 Å². The van der Waals surface area contributed by atoms with Crippen molar-refractivity contribution in [1.29, 1.82) is 0 Å². The summed E-state index contributed by atoms with van der Waals surface area (Å²) in [4.78, 5) is 26.0. The van der Waals surface area contributed by atoms with E-state index in [9.17, 15) is 9.59 Å². The Kier molecular flexibility index (Phi) is 4.70. The van der Waals surface area contributed by atoms with Crippen LogP contribution in [0.3, 0.4) is 0 Å². The van der Waals surface area contributed by atoms with E-state index < -0.39 is 0 Å². The first-order valence-corrected chi connectivity index (χ1v) is 8.32. The van der Waals surface area contributed by atoms with E-state index >= 15 is 0 Å². The Balaban J connectivity index is 1.71. The average Bonchev–Trinajstić information content (AvgIpc) is 2.82. The maximum absolute atomic E-state index is 12.4. The van der Waals surface area contributed by atoms with Crippen molar-refractivity contribution in [2.24, 2.45) is 0 Å². The van der Waals surface area contributed by atoms with Crippen molar-refractivity contribution < 1.29 is 14.3 Å². The highest BCUT2D eigenvalue weighted by atomic mass is 16.5. The lowest BCUT2D eigenvalue weighted by Crippen LogP contribution is -2.33. The SMILES string of the molecule is C=CCc1cc(C)cc(C)c1OCCN1C(=O)c2ccccc2C1=O. The summed E-state index contributed by atoms with van der Waals surface area (Å²) >= 11 is 0. The lowest BCUT2D eigenvalue weighted by Gasteiger charge is -2.18. The van der Waals surface area contributed by atoms with Crippen LogP contribution in [0.2, 0.25) is 0 Å². The number of carbonyl (C=O) groups excluding carboxylic acids is 2. The molecule has 3 rings (SSSR count). The molecule has 1 heterocycles. The van der Waals surface area contributed by atoms with Gasteiger partial charge in [-0.05, 0) is 43.5 Å². The Morgan fingerprint density at radius 1 is 1.08 bits per heavy atom. The zero-order chi connectivity index (χ0) is 18.0. The van der Waals surface area contributed by atoms with Gasteiger partial charge in [0.25, 0.3) is 11.8 Å². The monoisotopic (exact) mass is 335 g/mol. The average molecular weight is 335 g/mol. The molecule has 2 aromatic carbocycles. The molecular weight excluding hydrogens is 314 g/mol. The van der Waals surface area contributed by atoms with Crippen molar-refractivity contribution in [2.45, 2.75) is 20.3 Å². The molecule has 0 aliphatic carbocycles. The van der Waals surface area contributed by atoms with Crippen molar-refractivity contribution in [2.75, 3.05) is 13.2 Å². The number of rotatable bonds is 6. The van der Waals surface area contributed by atoms with Gasteiger partial charge >= 0.3 is 0 Å². The lowest BCUT2D eigenvalue weighted by molar-refractivity contribution is 0.0631. The lowest BCUT2D eigenvalue weighted by atomic mass is 10.0. The number of carbonyl (C=O) groups is 2. The largest absolute Gasteiger partial charge is 0.491 e. The molecular formula is C21H21NO3. The maximum Gasteiger partial charge on any atom is 0.261 e. The van der Waals surface area contributed by atoms with Crippen LogP contribution in [0.1, 0.15) is 37.4 Å². The van der Waals surface area contributed by atoms with Crippen LogP contribution >= 0.6 is 0 Å².